The molecule has 0 aliphatic heterocycles. The van der Waals surface area contributed by atoms with Crippen molar-refractivity contribution in [1.82, 2.24) is 0 Å². The van der Waals surface area contributed by atoms with Crippen LogP contribution in [0.5, 0.6) is 11.5 Å². The van der Waals surface area contributed by atoms with Gasteiger partial charge in [0.05, 0.1) is 14.2 Å². The van der Waals surface area contributed by atoms with Crippen LogP contribution in [-0.4, -0.2) is 14.2 Å². The van der Waals surface area contributed by atoms with E-state index in [-0.39, 0.29) is 6.04 Å². The molecule has 0 aromatic heterocycles. The molecule has 112 valence electrons. The molecule has 1 unspecified atom stereocenters. The zero-order valence-electron chi connectivity index (χ0n) is 12.6. The van der Waals surface area contributed by atoms with Gasteiger partial charge in [-0.05, 0) is 42.3 Å². The molecule has 2 rings (SSSR count). The summed E-state index contributed by atoms with van der Waals surface area (Å²) in [4.78, 5) is 1.23. The summed E-state index contributed by atoms with van der Waals surface area (Å²) < 4.78 is 10.6. The van der Waals surface area contributed by atoms with Crippen LogP contribution in [0.15, 0.2) is 47.4 Å². The summed E-state index contributed by atoms with van der Waals surface area (Å²) in [6.45, 7) is 1.99. The van der Waals surface area contributed by atoms with E-state index in [0.717, 1.165) is 22.8 Å². The minimum Gasteiger partial charge on any atom is -0.493 e. The van der Waals surface area contributed by atoms with Gasteiger partial charge in [0.2, 0.25) is 0 Å². The van der Waals surface area contributed by atoms with Gasteiger partial charge in [0, 0.05) is 16.7 Å². The van der Waals surface area contributed by atoms with E-state index in [1.807, 2.05) is 19.1 Å². The molecule has 0 heterocycles. The first-order valence-corrected chi connectivity index (χ1v) is 7.82. The lowest BCUT2D eigenvalue weighted by Gasteiger charge is -2.10. The Morgan fingerprint density at radius 3 is 2.24 bits per heavy atom. The van der Waals surface area contributed by atoms with E-state index in [4.69, 9.17) is 15.2 Å². The highest BCUT2D eigenvalue weighted by molar-refractivity contribution is 7.98. The van der Waals surface area contributed by atoms with Crippen molar-refractivity contribution in [2.75, 3.05) is 14.2 Å². The molecule has 21 heavy (non-hydrogen) atoms. The molecule has 4 heteroatoms. The van der Waals surface area contributed by atoms with Gasteiger partial charge in [-0.15, -0.1) is 11.8 Å². The van der Waals surface area contributed by atoms with Crippen LogP contribution >= 0.6 is 11.8 Å². The van der Waals surface area contributed by atoms with Crippen LogP contribution < -0.4 is 15.2 Å². The molecule has 2 N–H and O–H groups in total. The average molecular weight is 303 g/mol. The minimum absolute atomic E-state index is 0.0786. The Kier molecular flexibility index (Phi) is 5.53. The Morgan fingerprint density at radius 1 is 1.00 bits per heavy atom. The first kappa shape index (κ1) is 15.7. The van der Waals surface area contributed by atoms with Gasteiger partial charge in [-0.1, -0.05) is 18.2 Å². The summed E-state index contributed by atoms with van der Waals surface area (Å²) in [6.07, 6.45) is 0. The highest BCUT2D eigenvalue weighted by atomic mass is 32.2. The summed E-state index contributed by atoms with van der Waals surface area (Å²) in [5, 5.41) is 0. The lowest BCUT2D eigenvalue weighted by Crippen LogP contribution is -2.04. The zero-order valence-corrected chi connectivity index (χ0v) is 13.4. The Hall–Kier alpha value is -1.65. The lowest BCUT2D eigenvalue weighted by molar-refractivity contribution is 0.354. The van der Waals surface area contributed by atoms with Crippen molar-refractivity contribution >= 4 is 11.8 Å². The molecule has 0 radical (unpaired) electrons. The molecule has 2 aromatic rings. The molecule has 0 amide bonds. The summed E-state index contributed by atoms with van der Waals surface area (Å²) in [7, 11) is 3.30. The Labute approximate surface area is 130 Å². The number of ether oxygens (including phenoxy) is 2. The Morgan fingerprint density at radius 2 is 1.67 bits per heavy atom. The first-order valence-electron chi connectivity index (χ1n) is 6.83. The fourth-order valence-corrected chi connectivity index (χ4v) is 2.85. The molecular weight excluding hydrogens is 282 g/mol. The van der Waals surface area contributed by atoms with Crippen molar-refractivity contribution in [2.45, 2.75) is 23.6 Å². The molecule has 0 saturated carbocycles. The smallest absolute Gasteiger partial charge is 0.161 e. The van der Waals surface area contributed by atoms with Crippen LogP contribution in [0.1, 0.15) is 24.1 Å². The van der Waals surface area contributed by atoms with E-state index in [1.165, 1.54) is 10.5 Å². The van der Waals surface area contributed by atoms with Crippen LogP contribution in [-0.2, 0) is 5.75 Å². The molecular formula is C17H21NO2S. The Bertz CT molecular complexity index is 582. The second-order valence-electron chi connectivity index (χ2n) is 4.84. The molecule has 3 nitrogen and oxygen atoms in total. The fourth-order valence-electron chi connectivity index (χ4n) is 2.00. The maximum atomic E-state index is 5.86. The van der Waals surface area contributed by atoms with Crippen LogP contribution in [0, 0.1) is 0 Å². The monoisotopic (exact) mass is 303 g/mol. The number of rotatable bonds is 6. The van der Waals surface area contributed by atoms with Gasteiger partial charge >= 0.3 is 0 Å². The maximum absolute atomic E-state index is 5.86. The van der Waals surface area contributed by atoms with Crippen LogP contribution in [0.2, 0.25) is 0 Å². The largest absolute Gasteiger partial charge is 0.493 e. The van der Waals surface area contributed by atoms with Crippen molar-refractivity contribution in [3.05, 3.63) is 53.6 Å². The number of hydrogen-bond donors (Lipinski definition) is 1. The third kappa shape index (κ3) is 4.16. The third-order valence-electron chi connectivity index (χ3n) is 3.26. The van der Waals surface area contributed by atoms with Gasteiger partial charge in [-0.2, -0.15) is 0 Å². The van der Waals surface area contributed by atoms with Gasteiger partial charge in [0.15, 0.2) is 11.5 Å². The van der Waals surface area contributed by atoms with Gasteiger partial charge in [0.1, 0.15) is 0 Å². The topological polar surface area (TPSA) is 44.5 Å². The average Bonchev–Trinajstić information content (AvgIpc) is 2.52. The van der Waals surface area contributed by atoms with E-state index >= 15 is 0 Å². The first-order chi connectivity index (χ1) is 10.1. The van der Waals surface area contributed by atoms with Crippen LogP contribution in [0.4, 0.5) is 0 Å². The molecule has 1 atom stereocenters. The molecule has 2 aromatic carbocycles. The van der Waals surface area contributed by atoms with E-state index in [1.54, 1.807) is 26.0 Å². The van der Waals surface area contributed by atoms with Gasteiger partial charge in [-0.25, -0.2) is 0 Å². The molecule has 0 aliphatic carbocycles. The quantitative estimate of drug-likeness (QED) is 0.819. The number of thioether (sulfide) groups is 1. The molecule has 0 saturated heterocycles. The zero-order chi connectivity index (χ0) is 15.2. The highest BCUT2D eigenvalue weighted by Crippen LogP contribution is 2.31. The summed E-state index contributed by atoms with van der Waals surface area (Å²) >= 11 is 1.79. The number of hydrogen-bond acceptors (Lipinski definition) is 4. The van der Waals surface area contributed by atoms with Gasteiger partial charge < -0.3 is 15.2 Å². The minimum atomic E-state index is 0.0786. The molecule has 0 fully saturated rings. The lowest BCUT2D eigenvalue weighted by atomic mass is 10.1. The second kappa shape index (κ2) is 7.38. The highest BCUT2D eigenvalue weighted by Gasteiger charge is 2.05. The van der Waals surface area contributed by atoms with E-state index in [9.17, 15) is 0 Å². The van der Waals surface area contributed by atoms with Crippen molar-refractivity contribution in [2.24, 2.45) is 5.73 Å². The van der Waals surface area contributed by atoms with Crippen molar-refractivity contribution in [3.8, 4) is 11.5 Å². The fraction of sp³-hybridized carbons (Fsp3) is 0.294. The predicted molar refractivity (Wildman–Crippen MR) is 88.2 cm³/mol. The number of methoxy groups -OCH3 is 2. The summed E-state index contributed by atoms with van der Waals surface area (Å²) in [5.74, 6) is 2.41. The summed E-state index contributed by atoms with van der Waals surface area (Å²) in [6, 6.07) is 14.5. The van der Waals surface area contributed by atoms with Crippen molar-refractivity contribution in [1.29, 1.82) is 0 Å². The van der Waals surface area contributed by atoms with Crippen molar-refractivity contribution < 1.29 is 9.47 Å². The predicted octanol–water partition coefficient (Wildman–Crippen LogP) is 4.02. The van der Waals surface area contributed by atoms with E-state index in [2.05, 4.69) is 30.3 Å². The molecule has 0 aliphatic rings. The maximum Gasteiger partial charge on any atom is 0.161 e. The van der Waals surface area contributed by atoms with Gasteiger partial charge in [-0.3, -0.25) is 0 Å². The SMILES string of the molecule is COc1ccc(CSc2ccc(C(C)N)cc2)cc1OC. The van der Waals surface area contributed by atoms with E-state index < -0.39 is 0 Å². The number of benzene rings is 2. The Balaban J connectivity index is 2.02. The third-order valence-corrected chi connectivity index (χ3v) is 4.34. The summed E-state index contributed by atoms with van der Waals surface area (Å²) in [5.41, 5.74) is 8.22. The second-order valence-corrected chi connectivity index (χ2v) is 5.88. The molecule has 0 bridgehead atoms. The van der Waals surface area contributed by atoms with E-state index in [0.29, 0.717) is 0 Å². The van der Waals surface area contributed by atoms with Crippen molar-refractivity contribution in [3.63, 3.8) is 0 Å². The number of nitrogens with two attached hydrogens (primary N) is 1. The van der Waals surface area contributed by atoms with Crippen LogP contribution in [0.3, 0.4) is 0 Å². The van der Waals surface area contributed by atoms with Crippen LogP contribution in [0.25, 0.3) is 0 Å². The standard InChI is InChI=1S/C17H21NO2S/c1-12(18)14-5-7-15(8-6-14)21-11-13-4-9-16(19-2)17(10-13)20-3/h4-10,12H,11,18H2,1-3H3. The molecule has 0 spiro atoms. The normalized spacial score (nSPS) is 12.0. The van der Waals surface area contributed by atoms with Gasteiger partial charge in [0.25, 0.3) is 0 Å².